The zero-order chi connectivity index (χ0) is 19.6. The summed E-state index contributed by atoms with van der Waals surface area (Å²) < 4.78 is 26.5. The van der Waals surface area contributed by atoms with E-state index < -0.39 is 34.3 Å². The van der Waals surface area contributed by atoms with Crippen LogP contribution in [0, 0.1) is 0 Å². The van der Waals surface area contributed by atoms with Crippen LogP contribution in [0.1, 0.15) is 27.9 Å². The molecule has 27 heavy (non-hydrogen) atoms. The Bertz CT molecular complexity index is 990. The van der Waals surface area contributed by atoms with Gasteiger partial charge in [0.25, 0.3) is 11.8 Å². The standard InChI is InChI=1S/C18H19N3O5S/c19-18(24)16-13(8-4-7-12-5-2-1-3-6-12)9-10-14(17(16)23)21-11-15(22)20-27(21,25)26/h1-3,5-6,9-10,23H,4,7-8,11H2,(H2,19,24)(H,20,22). The maximum Gasteiger partial charge on any atom is 0.326 e. The van der Waals surface area contributed by atoms with Crippen LogP contribution >= 0.6 is 0 Å². The van der Waals surface area contributed by atoms with Gasteiger partial charge in [-0.1, -0.05) is 36.4 Å². The van der Waals surface area contributed by atoms with Crippen LogP contribution in [0.2, 0.25) is 0 Å². The van der Waals surface area contributed by atoms with E-state index in [0.717, 1.165) is 12.0 Å². The molecule has 1 fully saturated rings. The molecule has 1 heterocycles. The lowest BCUT2D eigenvalue weighted by atomic mass is 9.98. The van der Waals surface area contributed by atoms with Crippen molar-refractivity contribution in [2.45, 2.75) is 19.3 Å². The molecular formula is C18H19N3O5S. The van der Waals surface area contributed by atoms with E-state index >= 15 is 0 Å². The fourth-order valence-electron chi connectivity index (χ4n) is 3.10. The molecule has 2 aromatic carbocycles. The maximum atomic E-state index is 12.0. The largest absolute Gasteiger partial charge is 0.505 e. The smallest absolute Gasteiger partial charge is 0.326 e. The molecule has 0 bridgehead atoms. The molecule has 3 rings (SSSR count). The first kappa shape index (κ1) is 18.7. The first-order chi connectivity index (χ1) is 12.8. The molecule has 0 atom stereocenters. The van der Waals surface area contributed by atoms with Gasteiger partial charge in [-0.25, -0.2) is 9.03 Å². The summed E-state index contributed by atoms with van der Waals surface area (Å²) in [5.41, 5.74) is 6.79. The highest BCUT2D eigenvalue weighted by Crippen LogP contribution is 2.36. The van der Waals surface area contributed by atoms with Crippen molar-refractivity contribution in [3.8, 4) is 5.75 Å². The number of hydrogen-bond donors (Lipinski definition) is 3. The van der Waals surface area contributed by atoms with E-state index in [2.05, 4.69) is 0 Å². The van der Waals surface area contributed by atoms with Crippen molar-refractivity contribution in [3.63, 3.8) is 0 Å². The second-order valence-electron chi connectivity index (χ2n) is 6.21. The number of nitrogens with zero attached hydrogens (tertiary/aromatic N) is 1. The van der Waals surface area contributed by atoms with E-state index in [1.165, 1.54) is 6.07 Å². The van der Waals surface area contributed by atoms with Crippen LogP contribution in [-0.2, 0) is 27.8 Å². The number of amides is 2. The summed E-state index contributed by atoms with van der Waals surface area (Å²) in [6.45, 7) is -0.471. The van der Waals surface area contributed by atoms with Gasteiger partial charge in [-0.2, -0.15) is 8.42 Å². The van der Waals surface area contributed by atoms with Gasteiger partial charge in [-0.05, 0) is 36.5 Å². The van der Waals surface area contributed by atoms with Crippen LogP contribution in [0.25, 0.3) is 0 Å². The Balaban J connectivity index is 1.87. The van der Waals surface area contributed by atoms with E-state index in [9.17, 15) is 23.1 Å². The van der Waals surface area contributed by atoms with Crippen molar-refractivity contribution in [1.29, 1.82) is 0 Å². The van der Waals surface area contributed by atoms with E-state index in [0.29, 0.717) is 22.7 Å². The molecule has 0 unspecified atom stereocenters. The minimum Gasteiger partial charge on any atom is -0.505 e. The van der Waals surface area contributed by atoms with Gasteiger partial charge in [0.2, 0.25) is 0 Å². The van der Waals surface area contributed by atoms with Crippen molar-refractivity contribution in [1.82, 2.24) is 4.72 Å². The lowest BCUT2D eigenvalue weighted by Crippen LogP contribution is -2.30. The average molecular weight is 389 g/mol. The molecule has 2 aromatic rings. The van der Waals surface area contributed by atoms with E-state index in [1.807, 2.05) is 35.1 Å². The van der Waals surface area contributed by atoms with Gasteiger partial charge < -0.3 is 10.8 Å². The Kier molecular flexibility index (Phi) is 5.04. The predicted molar refractivity (Wildman–Crippen MR) is 99.5 cm³/mol. The van der Waals surface area contributed by atoms with Gasteiger partial charge in [0.15, 0.2) is 5.75 Å². The first-order valence-corrected chi connectivity index (χ1v) is 9.75. The van der Waals surface area contributed by atoms with Crippen LogP contribution < -0.4 is 14.8 Å². The summed E-state index contributed by atoms with van der Waals surface area (Å²) in [7, 11) is -4.10. The van der Waals surface area contributed by atoms with Crippen LogP contribution in [0.5, 0.6) is 5.75 Å². The number of benzene rings is 2. The minimum atomic E-state index is -4.10. The number of nitrogens with one attached hydrogen (secondary N) is 1. The average Bonchev–Trinajstić information content (AvgIpc) is 2.88. The molecule has 1 aliphatic rings. The molecule has 2 amide bonds. The predicted octanol–water partition coefficient (Wildman–Crippen LogP) is 0.847. The van der Waals surface area contributed by atoms with E-state index in [1.54, 1.807) is 6.07 Å². The number of hydrogen-bond acceptors (Lipinski definition) is 5. The van der Waals surface area contributed by atoms with Gasteiger partial charge >= 0.3 is 10.2 Å². The number of phenols is 1. The number of anilines is 1. The fourth-order valence-corrected chi connectivity index (χ4v) is 4.25. The number of aryl methyl sites for hydroxylation is 2. The van der Waals surface area contributed by atoms with Crippen molar-refractivity contribution in [2.75, 3.05) is 10.8 Å². The van der Waals surface area contributed by atoms with Gasteiger partial charge in [-0.15, -0.1) is 0 Å². The van der Waals surface area contributed by atoms with Gasteiger partial charge in [-0.3, -0.25) is 9.59 Å². The van der Waals surface area contributed by atoms with Crippen molar-refractivity contribution < 1.29 is 23.1 Å². The monoisotopic (exact) mass is 389 g/mol. The van der Waals surface area contributed by atoms with Crippen molar-refractivity contribution in [2.24, 2.45) is 5.73 Å². The lowest BCUT2D eigenvalue weighted by Gasteiger charge is -2.19. The van der Waals surface area contributed by atoms with Crippen LogP contribution in [-0.4, -0.2) is 31.9 Å². The lowest BCUT2D eigenvalue weighted by molar-refractivity contribution is -0.117. The highest BCUT2D eigenvalue weighted by atomic mass is 32.2. The number of carbonyl (C=O) groups excluding carboxylic acids is 2. The summed E-state index contributed by atoms with van der Waals surface area (Å²) in [6, 6.07) is 12.7. The van der Waals surface area contributed by atoms with Crippen LogP contribution in [0.3, 0.4) is 0 Å². The molecule has 142 valence electrons. The van der Waals surface area contributed by atoms with Gasteiger partial charge in [0.1, 0.15) is 6.54 Å². The van der Waals surface area contributed by atoms with E-state index in [-0.39, 0.29) is 11.3 Å². The molecular weight excluding hydrogens is 370 g/mol. The Morgan fingerprint density at radius 3 is 2.44 bits per heavy atom. The maximum absolute atomic E-state index is 12.0. The number of rotatable bonds is 6. The number of aromatic hydroxyl groups is 1. The van der Waals surface area contributed by atoms with E-state index in [4.69, 9.17) is 5.73 Å². The minimum absolute atomic E-state index is 0.130. The second kappa shape index (κ2) is 7.28. The zero-order valence-electron chi connectivity index (χ0n) is 14.4. The third-order valence-electron chi connectivity index (χ3n) is 4.33. The summed E-state index contributed by atoms with van der Waals surface area (Å²) in [5, 5.41) is 10.5. The zero-order valence-corrected chi connectivity index (χ0v) is 15.2. The second-order valence-corrected chi connectivity index (χ2v) is 7.80. The quantitative estimate of drug-likeness (QED) is 0.674. The fraction of sp³-hybridized carbons (Fsp3) is 0.222. The summed E-state index contributed by atoms with van der Waals surface area (Å²) in [6.07, 6.45) is 1.97. The Labute approximate surface area is 156 Å². The molecule has 4 N–H and O–H groups in total. The number of nitrogens with two attached hydrogens (primary N) is 1. The third kappa shape index (κ3) is 3.87. The first-order valence-electron chi connectivity index (χ1n) is 8.31. The van der Waals surface area contributed by atoms with Crippen molar-refractivity contribution >= 4 is 27.7 Å². The SMILES string of the molecule is NC(=O)c1c(CCCc2ccccc2)ccc(N2CC(=O)NS2(=O)=O)c1O. The molecule has 0 aliphatic carbocycles. The molecule has 0 aromatic heterocycles. The molecule has 0 radical (unpaired) electrons. The van der Waals surface area contributed by atoms with Crippen LogP contribution in [0.15, 0.2) is 42.5 Å². The third-order valence-corrected chi connectivity index (χ3v) is 5.72. The number of carbonyl (C=O) groups is 2. The van der Waals surface area contributed by atoms with Gasteiger partial charge in [0.05, 0.1) is 11.3 Å². The molecule has 1 aliphatic heterocycles. The highest BCUT2D eigenvalue weighted by molar-refractivity contribution is 7.92. The normalized spacial score (nSPS) is 15.6. The number of primary amides is 1. The Morgan fingerprint density at radius 1 is 1.15 bits per heavy atom. The summed E-state index contributed by atoms with van der Waals surface area (Å²) in [5.74, 6) is -2.12. The molecule has 1 saturated heterocycles. The van der Waals surface area contributed by atoms with Crippen molar-refractivity contribution in [3.05, 3.63) is 59.2 Å². The molecule has 0 spiro atoms. The molecule has 8 nitrogen and oxygen atoms in total. The molecule has 0 saturated carbocycles. The van der Waals surface area contributed by atoms with Crippen LogP contribution in [0.4, 0.5) is 5.69 Å². The Hall–Kier alpha value is -3.07. The van der Waals surface area contributed by atoms with Gasteiger partial charge in [0, 0.05) is 0 Å². The summed E-state index contributed by atoms with van der Waals surface area (Å²) >= 11 is 0. The Morgan fingerprint density at radius 2 is 1.85 bits per heavy atom. The molecule has 9 heteroatoms. The topological polar surface area (TPSA) is 130 Å². The highest BCUT2D eigenvalue weighted by Gasteiger charge is 2.36. The summed E-state index contributed by atoms with van der Waals surface area (Å²) in [4.78, 5) is 23.3.